The molecule has 0 heteroatoms. The zero-order chi connectivity index (χ0) is 13.7. The van der Waals surface area contributed by atoms with Crippen LogP contribution in [0.2, 0.25) is 0 Å². The summed E-state index contributed by atoms with van der Waals surface area (Å²) < 4.78 is 0. The molecule has 0 N–H and O–H groups in total. The molecule has 0 unspecified atom stereocenters. The first kappa shape index (κ1) is 18.0. The van der Waals surface area contributed by atoms with Gasteiger partial charge in [-0.25, -0.2) is 0 Å². The first-order valence-electron chi connectivity index (χ1n) is 7.12. The predicted octanol–water partition coefficient (Wildman–Crippen LogP) is 6.76. The summed E-state index contributed by atoms with van der Waals surface area (Å²) in [6, 6.07) is 0. The van der Waals surface area contributed by atoms with Crippen molar-refractivity contribution in [2.24, 2.45) is 0 Å². The average molecular weight is 260 g/mol. The summed E-state index contributed by atoms with van der Waals surface area (Å²) in [4.78, 5) is 0. The molecule has 0 aromatic carbocycles. The molecule has 0 aromatic heterocycles. The van der Waals surface area contributed by atoms with Crippen LogP contribution < -0.4 is 0 Å². The van der Waals surface area contributed by atoms with Crippen LogP contribution in [0.5, 0.6) is 0 Å². The van der Waals surface area contributed by atoms with Crippen LogP contribution in [0.3, 0.4) is 0 Å². The zero-order valence-corrected chi connectivity index (χ0v) is 12.7. The van der Waals surface area contributed by atoms with E-state index in [0.717, 1.165) is 0 Å². The second kappa shape index (κ2) is 8.19. The number of rotatable bonds is 0. The molecule has 2 saturated carbocycles. The van der Waals surface area contributed by atoms with Crippen LogP contribution in [-0.2, 0) is 0 Å². The summed E-state index contributed by atoms with van der Waals surface area (Å²) in [6.45, 7) is 16.7. The molecule has 2 rings (SSSR count). The number of hydrogen-bond acceptors (Lipinski definition) is 0. The molecule has 0 spiro atoms. The number of allylic oxidation sites excluding steroid dienone is 6. The highest BCUT2D eigenvalue weighted by Gasteiger charge is 2.11. The quantitative estimate of drug-likeness (QED) is 0.451. The Labute approximate surface area is 121 Å². The summed E-state index contributed by atoms with van der Waals surface area (Å²) in [5, 5.41) is 0. The second-order valence-electron chi connectivity index (χ2n) is 5.87. The Hall–Kier alpha value is -1.04. The van der Waals surface area contributed by atoms with Crippen molar-refractivity contribution in [2.45, 2.75) is 73.6 Å². The fourth-order valence-corrected chi connectivity index (χ4v) is 2.82. The minimum atomic E-state index is 0. The van der Waals surface area contributed by atoms with E-state index in [0.29, 0.717) is 0 Å². The Bertz CT molecular complexity index is 354. The van der Waals surface area contributed by atoms with Crippen LogP contribution in [0.4, 0.5) is 0 Å². The molecule has 0 aromatic rings. The Balaban J connectivity index is 0.000000324. The molecule has 0 nitrogen and oxygen atoms in total. The van der Waals surface area contributed by atoms with E-state index in [1.807, 2.05) is 0 Å². The van der Waals surface area contributed by atoms with Crippen molar-refractivity contribution >= 4 is 0 Å². The molecule has 2 aliphatic carbocycles. The highest BCUT2D eigenvalue weighted by molar-refractivity contribution is 5.35. The summed E-state index contributed by atoms with van der Waals surface area (Å²) in [5.41, 5.74) is 8.70. The molecule has 2 aliphatic rings. The molecule has 0 saturated heterocycles. The van der Waals surface area contributed by atoms with E-state index in [9.17, 15) is 0 Å². The number of hydrogen-bond donors (Lipinski definition) is 0. The lowest BCUT2D eigenvalue weighted by molar-refractivity contribution is 0.929. The first-order valence-corrected chi connectivity index (χ1v) is 7.12. The van der Waals surface area contributed by atoms with Gasteiger partial charge in [0.15, 0.2) is 0 Å². The van der Waals surface area contributed by atoms with Crippen LogP contribution >= 0.6 is 0 Å². The van der Waals surface area contributed by atoms with Crippen molar-refractivity contribution in [3.05, 3.63) is 46.6 Å². The standard InChI is InChI=1S/2C9H14.CH4/c2*1-7(2)9-6-4-5-8(9)3;/h2*3-6H2,1-2H3;1H4. The zero-order valence-electron chi connectivity index (χ0n) is 12.7. The maximum absolute atomic E-state index is 4.00. The van der Waals surface area contributed by atoms with E-state index < -0.39 is 0 Å². The van der Waals surface area contributed by atoms with E-state index in [2.05, 4.69) is 40.9 Å². The van der Waals surface area contributed by atoms with Crippen LogP contribution in [0, 0.1) is 0 Å². The summed E-state index contributed by atoms with van der Waals surface area (Å²) in [7, 11) is 0. The Morgan fingerprint density at radius 3 is 1.11 bits per heavy atom. The maximum atomic E-state index is 4.00. The molecule has 0 bridgehead atoms. The first-order chi connectivity index (χ1) is 8.43. The average Bonchev–Trinajstić information content (AvgIpc) is 2.87. The van der Waals surface area contributed by atoms with Crippen molar-refractivity contribution in [1.29, 1.82) is 0 Å². The highest BCUT2D eigenvalue weighted by atomic mass is 14.2. The van der Waals surface area contributed by atoms with Crippen molar-refractivity contribution in [3.8, 4) is 0 Å². The third kappa shape index (κ3) is 5.22. The molecule has 19 heavy (non-hydrogen) atoms. The van der Waals surface area contributed by atoms with Gasteiger partial charge in [0, 0.05) is 0 Å². The molecule has 108 valence electrons. The van der Waals surface area contributed by atoms with Crippen LogP contribution in [-0.4, -0.2) is 0 Å². The fourth-order valence-electron chi connectivity index (χ4n) is 2.82. The molecule has 0 amide bonds. The van der Waals surface area contributed by atoms with E-state index in [1.54, 1.807) is 0 Å². The van der Waals surface area contributed by atoms with Gasteiger partial charge in [-0.1, -0.05) is 42.9 Å². The van der Waals surface area contributed by atoms with Crippen molar-refractivity contribution in [3.63, 3.8) is 0 Å². The Morgan fingerprint density at radius 2 is 1.00 bits per heavy atom. The van der Waals surface area contributed by atoms with Gasteiger partial charge in [0.2, 0.25) is 0 Å². The Morgan fingerprint density at radius 1 is 0.684 bits per heavy atom. The van der Waals surface area contributed by atoms with Gasteiger partial charge in [0.25, 0.3) is 0 Å². The van der Waals surface area contributed by atoms with Crippen molar-refractivity contribution in [2.75, 3.05) is 0 Å². The van der Waals surface area contributed by atoms with Crippen molar-refractivity contribution < 1.29 is 0 Å². The van der Waals surface area contributed by atoms with Crippen LogP contribution in [0.15, 0.2) is 46.6 Å². The van der Waals surface area contributed by atoms with Gasteiger partial charge in [-0.15, -0.1) is 0 Å². The van der Waals surface area contributed by atoms with Gasteiger partial charge in [-0.05, 0) is 77.4 Å². The molecular formula is C19H32. The maximum Gasteiger partial charge on any atom is -0.0274 e. The van der Waals surface area contributed by atoms with E-state index in [1.165, 1.54) is 72.0 Å². The van der Waals surface area contributed by atoms with Crippen LogP contribution in [0.1, 0.15) is 73.6 Å². The highest BCUT2D eigenvalue weighted by Crippen LogP contribution is 2.31. The van der Waals surface area contributed by atoms with E-state index in [-0.39, 0.29) is 7.43 Å². The molecule has 2 fully saturated rings. The molecule has 0 atom stereocenters. The normalized spacial score (nSPS) is 17.9. The van der Waals surface area contributed by atoms with E-state index in [4.69, 9.17) is 0 Å². The van der Waals surface area contributed by atoms with Crippen molar-refractivity contribution in [1.82, 2.24) is 0 Å². The third-order valence-corrected chi connectivity index (χ3v) is 3.87. The smallest absolute Gasteiger partial charge is 0.0274 e. The molecule has 0 aliphatic heterocycles. The predicted molar refractivity (Wildman–Crippen MR) is 89.5 cm³/mol. The van der Waals surface area contributed by atoms with Crippen LogP contribution in [0.25, 0.3) is 0 Å². The topological polar surface area (TPSA) is 0 Å². The SMILES string of the molecule is C.C=C1CCCC1=C(C)C.C=C1CCCC1=C(C)C. The minimum absolute atomic E-state index is 0. The van der Waals surface area contributed by atoms with Gasteiger partial charge >= 0.3 is 0 Å². The lowest BCUT2D eigenvalue weighted by Crippen LogP contribution is -1.78. The minimum Gasteiger partial charge on any atom is -0.0956 e. The molecular weight excluding hydrogens is 228 g/mol. The largest absolute Gasteiger partial charge is 0.0956 e. The molecule has 0 heterocycles. The second-order valence-corrected chi connectivity index (χ2v) is 5.87. The lowest BCUT2D eigenvalue weighted by atomic mass is 10.1. The van der Waals surface area contributed by atoms with Gasteiger partial charge in [-0.2, -0.15) is 0 Å². The summed E-state index contributed by atoms with van der Waals surface area (Å²) in [6.07, 6.45) is 7.61. The lowest BCUT2D eigenvalue weighted by Gasteiger charge is -1.99. The van der Waals surface area contributed by atoms with E-state index >= 15 is 0 Å². The third-order valence-electron chi connectivity index (χ3n) is 3.87. The van der Waals surface area contributed by atoms with Gasteiger partial charge in [0.05, 0.1) is 0 Å². The molecule has 0 radical (unpaired) electrons. The Kier molecular flexibility index (Phi) is 7.75. The van der Waals surface area contributed by atoms with Gasteiger partial charge in [-0.3, -0.25) is 0 Å². The van der Waals surface area contributed by atoms with Gasteiger partial charge < -0.3 is 0 Å². The summed E-state index contributed by atoms with van der Waals surface area (Å²) >= 11 is 0. The summed E-state index contributed by atoms with van der Waals surface area (Å²) in [5.74, 6) is 0. The monoisotopic (exact) mass is 260 g/mol. The van der Waals surface area contributed by atoms with Gasteiger partial charge in [0.1, 0.15) is 0 Å². The fraction of sp³-hybridized carbons (Fsp3) is 0.579.